The lowest BCUT2D eigenvalue weighted by atomic mass is 9.75. The molecule has 0 saturated heterocycles. The van der Waals surface area contributed by atoms with Crippen LogP contribution in [0.3, 0.4) is 0 Å². The zero-order chi connectivity index (χ0) is 20.8. The van der Waals surface area contributed by atoms with Crippen LogP contribution in [0.15, 0.2) is 22.6 Å². The summed E-state index contributed by atoms with van der Waals surface area (Å²) in [5, 5.41) is 3.27. The molecule has 29 heavy (non-hydrogen) atoms. The Labute approximate surface area is 172 Å². The number of benzene rings is 1. The first-order valence-corrected chi connectivity index (χ1v) is 10.2. The third-order valence-corrected chi connectivity index (χ3v) is 6.04. The molecule has 1 N–H and O–H groups in total. The molecule has 1 aliphatic heterocycles. The van der Waals surface area contributed by atoms with Gasteiger partial charge in [-0.15, -0.1) is 0 Å². The third kappa shape index (κ3) is 3.80. The van der Waals surface area contributed by atoms with Crippen LogP contribution in [-0.2, 0) is 19.4 Å². The minimum Gasteiger partial charge on any atom is -0.493 e. The van der Waals surface area contributed by atoms with E-state index in [1.54, 1.807) is 14.2 Å². The Bertz CT molecular complexity index is 931. The van der Waals surface area contributed by atoms with Crippen molar-refractivity contribution in [1.29, 1.82) is 0 Å². The molecule has 1 atom stereocenters. The monoisotopic (exact) mass is 398 g/mol. The van der Waals surface area contributed by atoms with E-state index in [0.717, 1.165) is 47.7 Å². The zero-order valence-electron chi connectivity index (χ0n) is 17.9. The number of fused-ring (bicyclic) bond motifs is 2. The summed E-state index contributed by atoms with van der Waals surface area (Å²) < 4.78 is 16.7. The van der Waals surface area contributed by atoms with E-state index in [2.05, 4.69) is 25.2 Å². The average Bonchev–Trinajstić information content (AvgIpc) is 3.05. The highest BCUT2D eigenvalue weighted by molar-refractivity contribution is 5.75. The van der Waals surface area contributed by atoms with Crippen molar-refractivity contribution in [3.8, 4) is 11.5 Å². The number of nitrogens with one attached hydrogen (secondary N) is 1. The normalized spacial score (nSPS) is 19.9. The van der Waals surface area contributed by atoms with Crippen LogP contribution in [0.1, 0.15) is 54.5 Å². The van der Waals surface area contributed by atoms with E-state index in [1.807, 2.05) is 24.0 Å². The number of rotatable bonds is 3. The molecular weight excluding hydrogens is 368 g/mol. The number of furan rings is 1. The maximum atomic E-state index is 13.1. The third-order valence-electron chi connectivity index (χ3n) is 6.04. The number of amides is 2. The molecule has 1 aromatic carbocycles. The molecule has 0 fully saturated rings. The molecule has 6 heteroatoms. The molecule has 2 aliphatic rings. The molecule has 0 saturated carbocycles. The summed E-state index contributed by atoms with van der Waals surface area (Å²) in [6.45, 7) is 7.66. The van der Waals surface area contributed by atoms with Crippen molar-refractivity contribution in [2.75, 3.05) is 20.8 Å². The fraction of sp³-hybridized carbons (Fsp3) is 0.522. The summed E-state index contributed by atoms with van der Waals surface area (Å²) >= 11 is 0. The summed E-state index contributed by atoms with van der Waals surface area (Å²) in [6.07, 6.45) is 2.61. The predicted molar refractivity (Wildman–Crippen MR) is 110 cm³/mol. The van der Waals surface area contributed by atoms with Gasteiger partial charge in [-0.3, -0.25) is 0 Å². The van der Waals surface area contributed by atoms with Gasteiger partial charge in [0.25, 0.3) is 0 Å². The number of carbonyl (C=O) groups is 1. The van der Waals surface area contributed by atoms with Crippen LogP contribution in [-0.4, -0.2) is 31.7 Å². The molecule has 2 amide bonds. The second-order valence-corrected chi connectivity index (χ2v) is 8.93. The number of nitrogens with zero attached hydrogens (tertiary/aromatic N) is 1. The lowest BCUT2D eigenvalue weighted by Gasteiger charge is -2.36. The van der Waals surface area contributed by atoms with Crippen LogP contribution in [0.25, 0.3) is 0 Å². The van der Waals surface area contributed by atoms with Gasteiger partial charge in [0, 0.05) is 25.1 Å². The van der Waals surface area contributed by atoms with Crippen LogP contribution >= 0.6 is 0 Å². The molecule has 2 heterocycles. The number of carbonyl (C=O) groups excluding carboxylic acids is 1. The van der Waals surface area contributed by atoms with Crippen molar-refractivity contribution in [1.82, 2.24) is 10.2 Å². The number of aryl methyl sites for hydroxylation is 1. The first-order chi connectivity index (χ1) is 13.8. The van der Waals surface area contributed by atoms with E-state index in [9.17, 15) is 4.79 Å². The van der Waals surface area contributed by atoms with Crippen LogP contribution in [0.2, 0.25) is 0 Å². The quantitative estimate of drug-likeness (QED) is 0.833. The molecule has 0 spiro atoms. The van der Waals surface area contributed by atoms with Gasteiger partial charge in [0.15, 0.2) is 11.5 Å². The number of hydrogen-bond acceptors (Lipinski definition) is 4. The number of urea groups is 1. The Morgan fingerprint density at radius 3 is 2.55 bits per heavy atom. The van der Waals surface area contributed by atoms with Gasteiger partial charge in [0.2, 0.25) is 0 Å². The van der Waals surface area contributed by atoms with Crippen molar-refractivity contribution >= 4 is 6.03 Å². The highest BCUT2D eigenvalue weighted by Gasteiger charge is 2.36. The van der Waals surface area contributed by atoms with E-state index in [1.165, 1.54) is 5.56 Å². The zero-order valence-corrected chi connectivity index (χ0v) is 17.9. The molecule has 0 unspecified atom stereocenters. The van der Waals surface area contributed by atoms with E-state index >= 15 is 0 Å². The van der Waals surface area contributed by atoms with Crippen LogP contribution in [0.5, 0.6) is 11.5 Å². The number of ether oxygens (including phenoxy) is 2. The Hall–Kier alpha value is -2.63. The molecule has 2 aromatic rings. The molecule has 1 aliphatic carbocycles. The van der Waals surface area contributed by atoms with Crippen molar-refractivity contribution < 1.29 is 18.7 Å². The van der Waals surface area contributed by atoms with Gasteiger partial charge in [-0.05, 0) is 54.5 Å². The fourth-order valence-electron chi connectivity index (χ4n) is 4.61. The van der Waals surface area contributed by atoms with E-state index in [0.29, 0.717) is 18.8 Å². The van der Waals surface area contributed by atoms with Crippen molar-refractivity contribution in [2.45, 2.75) is 52.6 Å². The smallest absolute Gasteiger partial charge is 0.318 e. The molecule has 0 bridgehead atoms. The summed E-state index contributed by atoms with van der Waals surface area (Å²) in [5.41, 5.74) is 3.53. The molecule has 6 nitrogen and oxygen atoms in total. The molecular formula is C23H30N2O4. The van der Waals surface area contributed by atoms with Gasteiger partial charge in [-0.25, -0.2) is 4.79 Å². The molecule has 4 rings (SSSR count). The first-order valence-electron chi connectivity index (χ1n) is 10.2. The standard InChI is InChI=1S/C23H30N2O4/c1-14-8-17-18(11-23(2,3)12-21(17)29-14)24-22(26)25-7-6-15-9-19(27-4)20(28-5)10-16(15)13-25/h8-10,18H,6-7,11-13H2,1-5H3,(H,24,26)/t18-/m1/s1. The van der Waals surface area contributed by atoms with Gasteiger partial charge in [-0.1, -0.05) is 13.8 Å². The Kier molecular flexibility index (Phi) is 4.97. The van der Waals surface area contributed by atoms with Gasteiger partial charge >= 0.3 is 6.03 Å². The Balaban J connectivity index is 1.52. The summed E-state index contributed by atoms with van der Waals surface area (Å²) in [6, 6.07) is 6.02. The van der Waals surface area contributed by atoms with Gasteiger partial charge < -0.3 is 24.1 Å². The molecule has 0 radical (unpaired) electrons. The second kappa shape index (κ2) is 7.32. The topological polar surface area (TPSA) is 63.9 Å². The van der Waals surface area contributed by atoms with E-state index in [-0.39, 0.29) is 17.5 Å². The van der Waals surface area contributed by atoms with Gasteiger partial charge in [0.05, 0.1) is 20.3 Å². The van der Waals surface area contributed by atoms with E-state index in [4.69, 9.17) is 13.9 Å². The van der Waals surface area contributed by atoms with Crippen molar-refractivity contribution in [2.24, 2.45) is 5.41 Å². The van der Waals surface area contributed by atoms with Gasteiger partial charge in [0.1, 0.15) is 11.5 Å². The lowest BCUT2D eigenvalue weighted by Crippen LogP contribution is -2.45. The highest BCUT2D eigenvalue weighted by Crippen LogP contribution is 2.42. The maximum Gasteiger partial charge on any atom is 0.318 e. The van der Waals surface area contributed by atoms with Crippen LogP contribution in [0.4, 0.5) is 4.79 Å². The van der Waals surface area contributed by atoms with Crippen LogP contribution in [0, 0.1) is 12.3 Å². The first kappa shape index (κ1) is 19.7. The summed E-state index contributed by atoms with van der Waals surface area (Å²) in [7, 11) is 3.27. The largest absolute Gasteiger partial charge is 0.493 e. The minimum atomic E-state index is -0.0297. The fourth-order valence-corrected chi connectivity index (χ4v) is 4.61. The maximum absolute atomic E-state index is 13.1. The lowest BCUT2D eigenvalue weighted by molar-refractivity contribution is 0.176. The number of hydrogen-bond donors (Lipinski definition) is 1. The summed E-state index contributed by atoms with van der Waals surface area (Å²) in [4.78, 5) is 15.0. The number of methoxy groups -OCH3 is 2. The minimum absolute atomic E-state index is 0.0227. The Morgan fingerprint density at radius 1 is 1.17 bits per heavy atom. The Morgan fingerprint density at radius 2 is 1.86 bits per heavy atom. The molecule has 1 aromatic heterocycles. The highest BCUT2D eigenvalue weighted by atomic mass is 16.5. The van der Waals surface area contributed by atoms with Crippen molar-refractivity contribution in [3.63, 3.8) is 0 Å². The van der Waals surface area contributed by atoms with Crippen molar-refractivity contribution in [3.05, 3.63) is 46.4 Å². The SMILES string of the molecule is COc1cc2c(cc1OC)CN(C(=O)N[C@@H]1CC(C)(C)Cc3oc(C)cc31)CC2. The van der Waals surface area contributed by atoms with Crippen LogP contribution < -0.4 is 14.8 Å². The summed E-state index contributed by atoms with van der Waals surface area (Å²) in [5.74, 6) is 3.34. The van der Waals surface area contributed by atoms with Gasteiger partial charge in [-0.2, -0.15) is 0 Å². The molecule has 156 valence electrons. The second-order valence-electron chi connectivity index (χ2n) is 8.93. The van der Waals surface area contributed by atoms with E-state index < -0.39 is 0 Å². The predicted octanol–water partition coefficient (Wildman–Crippen LogP) is 4.39. The average molecular weight is 399 g/mol.